The number of aryl methyl sites for hydroxylation is 2. The predicted octanol–water partition coefficient (Wildman–Crippen LogP) is 7.85. The van der Waals surface area contributed by atoms with Crippen LogP contribution in [-0.2, 0) is 14.3 Å². The first-order valence-electron chi connectivity index (χ1n) is 13.8. The van der Waals surface area contributed by atoms with Crippen LogP contribution >= 0.6 is 0 Å². The number of hydrogen-bond acceptors (Lipinski definition) is 5. The first-order valence-corrected chi connectivity index (χ1v) is 13.8. The number of ether oxygens (including phenoxy) is 3. The molecule has 1 saturated carbocycles. The third kappa shape index (κ3) is 8.57. The van der Waals surface area contributed by atoms with Crippen LogP contribution in [0.2, 0.25) is 0 Å². The van der Waals surface area contributed by atoms with Gasteiger partial charge >= 0.3 is 12.1 Å². The summed E-state index contributed by atoms with van der Waals surface area (Å²) >= 11 is 0. The van der Waals surface area contributed by atoms with E-state index in [0.717, 1.165) is 53.7 Å². The summed E-state index contributed by atoms with van der Waals surface area (Å²) in [5, 5.41) is 2.73. The molecule has 2 aromatic carbocycles. The summed E-state index contributed by atoms with van der Waals surface area (Å²) in [5.41, 5.74) is 3.76. The summed E-state index contributed by atoms with van der Waals surface area (Å²) in [6.45, 7) is 15.4. The van der Waals surface area contributed by atoms with Crippen molar-refractivity contribution in [2.75, 3.05) is 13.2 Å². The molecule has 39 heavy (non-hydrogen) atoms. The third-order valence-electron chi connectivity index (χ3n) is 6.43. The number of allylic oxidation sites excluding steroid dienone is 1. The van der Waals surface area contributed by atoms with Gasteiger partial charge in [0.2, 0.25) is 0 Å². The lowest BCUT2D eigenvalue weighted by Crippen LogP contribution is -2.36. The highest BCUT2D eigenvalue weighted by Gasteiger charge is 2.32. The van der Waals surface area contributed by atoms with Gasteiger partial charge in [-0.3, -0.25) is 4.79 Å². The van der Waals surface area contributed by atoms with E-state index in [-0.39, 0.29) is 24.5 Å². The minimum atomic E-state index is -0.973. The third-order valence-corrected chi connectivity index (χ3v) is 6.43. The lowest BCUT2D eigenvalue weighted by Gasteiger charge is -2.25. The highest BCUT2D eigenvalue weighted by atomic mass is 19.1. The molecular formula is C32H42FNO5. The molecule has 1 N–H and O–H groups in total. The van der Waals surface area contributed by atoms with Gasteiger partial charge in [0, 0.05) is 11.1 Å². The highest BCUT2D eigenvalue weighted by molar-refractivity contribution is 5.77. The van der Waals surface area contributed by atoms with E-state index in [9.17, 15) is 9.59 Å². The van der Waals surface area contributed by atoms with Crippen molar-refractivity contribution in [2.24, 2.45) is 0 Å². The van der Waals surface area contributed by atoms with E-state index in [1.54, 1.807) is 33.8 Å². The Kier molecular flexibility index (Phi) is 10.2. The minimum Gasteiger partial charge on any atom is -0.493 e. The van der Waals surface area contributed by atoms with Gasteiger partial charge in [-0.1, -0.05) is 12.1 Å². The first kappa shape index (κ1) is 30.2. The number of halogens is 1. The van der Waals surface area contributed by atoms with Crippen molar-refractivity contribution >= 4 is 12.1 Å². The normalized spacial score (nSPS) is 13.9. The monoisotopic (exact) mass is 539 g/mol. The van der Waals surface area contributed by atoms with Crippen LogP contribution in [0, 0.1) is 19.7 Å². The van der Waals surface area contributed by atoms with Crippen LogP contribution in [0.4, 0.5) is 9.18 Å². The molecule has 0 aromatic heterocycles. The molecule has 212 valence electrons. The Morgan fingerprint density at radius 3 is 2.51 bits per heavy atom. The average Bonchev–Trinajstić information content (AvgIpc) is 3.66. The maximum absolute atomic E-state index is 16.1. The fourth-order valence-electron chi connectivity index (χ4n) is 4.66. The van der Waals surface area contributed by atoms with Gasteiger partial charge in [-0.05, 0) is 114 Å². The Balaban J connectivity index is 2.12. The number of carbonyl (C=O) groups excluding carboxylic acids is 2. The zero-order valence-corrected chi connectivity index (χ0v) is 24.1. The number of rotatable bonds is 12. The van der Waals surface area contributed by atoms with Gasteiger partial charge in [-0.15, -0.1) is 6.58 Å². The molecule has 0 heterocycles. The number of hydrogen-bond donors (Lipinski definition) is 1. The van der Waals surface area contributed by atoms with Gasteiger partial charge in [-0.2, -0.15) is 0 Å². The molecule has 7 heteroatoms. The SMILES string of the molecule is C=CCCCOc1cc(C)cc(C)c1-c1cc(C2CC2)c(F)c([C@H](CC(=O)OCC)NC(=O)OC(C)(C)C)c1. The zero-order valence-electron chi connectivity index (χ0n) is 24.1. The Hall–Kier alpha value is -3.35. The van der Waals surface area contributed by atoms with Gasteiger partial charge in [0.15, 0.2) is 0 Å². The second-order valence-electron chi connectivity index (χ2n) is 11.2. The largest absolute Gasteiger partial charge is 0.493 e. The Morgan fingerprint density at radius 1 is 1.18 bits per heavy atom. The van der Waals surface area contributed by atoms with Gasteiger partial charge in [0.05, 0.1) is 25.7 Å². The van der Waals surface area contributed by atoms with Crippen molar-refractivity contribution in [3.8, 4) is 16.9 Å². The molecule has 0 saturated heterocycles. The van der Waals surface area contributed by atoms with Crippen molar-refractivity contribution < 1.29 is 28.2 Å². The van der Waals surface area contributed by atoms with Crippen LogP contribution in [0.3, 0.4) is 0 Å². The number of alkyl carbamates (subject to hydrolysis) is 1. The summed E-state index contributed by atoms with van der Waals surface area (Å²) in [5.74, 6) is -0.131. The van der Waals surface area contributed by atoms with Crippen LogP contribution in [0.5, 0.6) is 5.75 Å². The van der Waals surface area contributed by atoms with Crippen LogP contribution in [-0.4, -0.2) is 30.9 Å². The second-order valence-corrected chi connectivity index (χ2v) is 11.2. The average molecular weight is 540 g/mol. The number of benzene rings is 2. The summed E-state index contributed by atoms with van der Waals surface area (Å²) in [7, 11) is 0. The topological polar surface area (TPSA) is 73.9 Å². The fourth-order valence-corrected chi connectivity index (χ4v) is 4.66. The minimum absolute atomic E-state index is 0.0937. The summed E-state index contributed by atoms with van der Waals surface area (Å²) in [6.07, 6.45) is 4.36. The van der Waals surface area contributed by atoms with Gasteiger partial charge in [0.1, 0.15) is 17.2 Å². The maximum Gasteiger partial charge on any atom is 0.408 e. The summed E-state index contributed by atoms with van der Waals surface area (Å²) in [4.78, 5) is 25.3. The number of esters is 1. The molecule has 1 amide bonds. The molecule has 1 atom stereocenters. The van der Waals surface area contributed by atoms with Gasteiger partial charge in [0.25, 0.3) is 0 Å². The van der Waals surface area contributed by atoms with E-state index in [0.29, 0.717) is 12.2 Å². The molecule has 1 fully saturated rings. The van der Waals surface area contributed by atoms with Crippen molar-refractivity contribution in [1.82, 2.24) is 5.32 Å². The Morgan fingerprint density at radius 2 is 1.90 bits per heavy atom. The number of amides is 1. The molecular weight excluding hydrogens is 497 g/mol. The molecule has 1 aliphatic carbocycles. The van der Waals surface area contributed by atoms with Crippen LogP contribution in [0.25, 0.3) is 11.1 Å². The van der Waals surface area contributed by atoms with E-state index >= 15 is 4.39 Å². The molecule has 2 aromatic rings. The maximum atomic E-state index is 16.1. The van der Waals surface area contributed by atoms with Gasteiger partial charge in [-0.25, -0.2) is 9.18 Å². The van der Waals surface area contributed by atoms with Crippen LogP contribution < -0.4 is 10.1 Å². The number of nitrogens with one attached hydrogen (secondary N) is 1. The lowest BCUT2D eigenvalue weighted by atomic mass is 9.90. The smallest absolute Gasteiger partial charge is 0.408 e. The fraction of sp³-hybridized carbons (Fsp3) is 0.500. The molecule has 0 spiro atoms. The van der Waals surface area contributed by atoms with Crippen LogP contribution in [0.1, 0.15) is 94.0 Å². The molecule has 0 bridgehead atoms. The molecule has 0 unspecified atom stereocenters. The highest BCUT2D eigenvalue weighted by Crippen LogP contribution is 2.46. The molecule has 0 aliphatic heterocycles. The second kappa shape index (κ2) is 13.1. The first-order chi connectivity index (χ1) is 18.4. The van der Waals surface area contributed by atoms with E-state index < -0.39 is 29.5 Å². The van der Waals surface area contributed by atoms with E-state index in [1.807, 2.05) is 32.1 Å². The van der Waals surface area contributed by atoms with Crippen LogP contribution in [0.15, 0.2) is 36.9 Å². The summed E-state index contributed by atoms with van der Waals surface area (Å²) < 4.78 is 32.9. The zero-order chi connectivity index (χ0) is 28.7. The summed E-state index contributed by atoms with van der Waals surface area (Å²) in [6, 6.07) is 6.70. The van der Waals surface area contributed by atoms with Crippen molar-refractivity contribution in [2.45, 2.75) is 91.2 Å². The molecule has 6 nitrogen and oxygen atoms in total. The number of carbonyl (C=O) groups is 2. The predicted molar refractivity (Wildman–Crippen MR) is 152 cm³/mol. The van der Waals surface area contributed by atoms with E-state index in [4.69, 9.17) is 14.2 Å². The molecule has 3 rings (SSSR count). The van der Waals surface area contributed by atoms with Crippen molar-refractivity contribution in [3.05, 3.63) is 65.0 Å². The lowest BCUT2D eigenvalue weighted by molar-refractivity contribution is -0.143. The van der Waals surface area contributed by atoms with Gasteiger partial charge < -0.3 is 19.5 Å². The van der Waals surface area contributed by atoms with E-state index in [1.165, 1.54) is 0 Å². The molecule has 0 radical (unpaired) electrons. The number of unbranched alkanes of at least 4 members (excludes halogenated alkanes) is 1. The van der Waals surface area contributed by atoms with Crippen molar-refractivity contribution in [1.29, 1.82) is 0 Å². The van der Waals surface area contributed by atoms with E-state index in [2.05, 4.69) is 18.0 Å². The Labute approximate surface area is 231 Å². The molecule has 1 aliphatic rings. The van der Waals surface area contributed by atoms with Crippen molar-refractivity contribution in [3.63, 3.8) is 0 Å². The standard InChI is InChI=1S/C32H42FNO5/c1-8-10-11-14-38-27-16-20(3)15-21(4)29(27)23-17-24(22-12-13-22)30(33)25(18-23)26(19-28(35)37-9-2)34-31(36)39-32(5,6)7/h8,15-18,22,26H,1,9-14,19H2,2-7H3,(H,34,36)/t26-/m0/s1. The quantitative estimate of drug-likeness (QED) is 0.169. The Bertz CT molecular complexity index is 1200.